The van der Waals surface area contributed by atoms with Gasteiger partial charge in [-0.15, -0.1) is 0 Å². The Bertz CT molecular complexity index is 295. The van der Waals surface area contributed by atoms with Crippen LogP contribution in [0.15, 0.2) is 30.3 Å². The van der Waals surface area contributed by atoms with Gasteiger partial charge in [-0.05, 0) is 12.0 Å². The van der Waals surface area contributed by atoms with Gasteiger partial charge in [0.05, 0.1) is 5.66 Å². The molecular weight excluding hydrogens is 174 g/mol. The Morgan fingerprint density at radius 3 is 2.50 bits per heavy atom. The molecule has 1 aliphatic heterocycles. The molecule has 0 amide bonds. The fourth-order valence-corrected chi connectivity index (χ4v) is 1.92. The summed E-state index contributed by atoms with van der Waals surface area (Å²) in [5, 5.41) is 0. The van der Waals surface area contributed by atoms with Crippen molar-refractivity contribution in [2.45, 2.75) is 18.6 Å². The molecule has 0 aliphatic carbocycles. The molecule has 2 rings (SSSR count). The number of rotatable bonds is 2. The Balaban J connectivity index is 1.94. The first-order valence-electron chi connectivity index (χ1n) is 5.00. The molecule has 0 aromatic heterocycles. The average molecular weight is 191 g/mol. The lowest BCUT2D eigenvalue weighted by atomic mass is 10.2. The maximum absolute atomic E-state index is 5.86. The highest BCUT2D eigenvalue weighted by Crippen LogP contribution is 2.15. The topological polar surface area (TPSA) is 55.3 Å². The number of hydrogen-bond donors (Lipinski definition) is 2. The molecule has 1 saturated heterocycles. The van der Waals surface area contributed by atoms with E-state index in [2.05, 4.69) is 29.2 Å². The second-order valence-electron chi connectivity index (χ2n) is 4.18. The molecule has 76 valence electrons. The van der Waals surface area contributed by atoms with Crippen molar-refractivity contribution in [1.29, 1.82) is 0 Å². The van der Waals surface area contributed by atoms with Gasteiger partial charge in [0, 0.05) is 19.6 Å². The summed E-state index contributed by atoms with van der Waals surface area (Å²) in [5.41, 5.74) is 12.6. The second kappa shape index (κ2) is 3.69. The quantitative estimate of drug-likeness (QED) is 0.670. The van der Waals surface area contributed by atoms with Gasteiger partial charge < -0.3 is 11.5 Å². The van der Waals surface area contributed by atoms with E-state index in [0.29, 0.717) is 0 Å². The highest BCUT2D eigenvalue weighted by atomic mass is 15.2. The van der Waals surface area contributed by atoms with Crippen molar-refractivity contribution in [1.82, 2.24) is 4.90 Å². The number of hydrogen-bond acceptors (Lipinski definition) is 3. The predicted molar refractivity (Wildman–Crippen MR) is 57.4 cm³/mol. The molecule has 0 unspecified atom stereocenters. The third kappa shape index (κ3) is 2.32. The van der Waals surface area contributed by atoms with E-state index < -0.39 is 5.66 Å². The van der Waals surface area contributed by atoms with Crippen LogP contribution in [0.25, 0.3) is 0 Å². The minimum atomic E-state index is -0.477. The van der Waals surface area contributed by atoms with Crippen molar-refractivity contribution in [3.05, 3.63) is 35.9 Å². The maximum Gasteiger partial charge on any atom is 0.0779 e. The normalized spacial score (nSPS) is 21.3. The number of nitrogens with zero attached hydrogens (tertiary/aromatic N) is 1. The molecule has 0 saturated carbocycles. The fraction of sp³-hybridized carbons (Fsp3) is 0.455. The zero-order valence-electron chi connectivity index (χ0n) is 8.32. The molecule has 1 heterocycles. The van der Waals surface area contributed by atoms with Crippen LogP contribution in [0.3, 0.4) is 0 Å². The van der Waals surface area contributed by atoms with E-state index in [-0.39, 0.29) is 0 Å². The molecule has 3 heteroatoms. The smallest absolute Gasteiger partial charge is 0.0779 e. The van der Waals surface area contributed by atoms with Crippen LogP contribution in [0.1, 0.15) is 12.0 Å². The summed E-state index contributed by atoms with van der Waals surface area (Å²) in [6, 6.07) is 10.4. The Labute approximate surface area is 84.7 Å². The highest BCUT2D eigenvalue weighted by Gasteiger charge is 2.29. The average Bonchev–Trinajstić information content (AvgIpc) is 2.47. The van der Waals surface area contributed by atoms with Crippen molar-refractivity contribution in [3.63, 3.8) is 0 Å². The summed E-state index contributed by atoms with van der Waals surface area (Å²) >= 11 is 0. The fourth-order valence-electron chi connectivity index (χ4n) is 1.92. The van der Waals surface area contributed by atoms with Gasteiger partial charge in [0.15, 0.2) is 0 Å². The number of nitrogens with two attached hydrogens (primary N) is 2. The molecule has 0 spiro atoms. The Kier molecular flexibility index (Phi) is 2.54. The number of benzene rings is 1. The summed E-state index contributed by atoms with van der Waals surface area (Å²) in [7, 11) is 0. The summed E-state index contributed by atoms with van der Waals surface area (Å²) in [6.45, 7) is 2.75. The zero-order chi connectivity index (χ0) is 10.0. The van der Waals surface area contributed by atoms with Crippen LogP contribution in [-0.2, 0) is 6.54 Å². The van der Waals surface area contributed by atoms with Crippen molar-refractivity contribution in [2.75, 3.05) is 13.1 Å². The van der Waals surface area contributed by atoms with Gasteiger partial charge >= 0.3 is 0 Å². The van der Waals surface area contributed by atoms with Crippen LogP contribution in [0.2, 0.25) is 0 Å². The van der Waals surface area contributed by atoms with Crippen LogP contribution < -0.4 is 11.5 Å². The standard InChI is InChI=1S/C11H17N3/c12-11(13)6-7-14(9-11)8-10-4-2-1-3-5-10/h1-5H,6-9,12-13H2. The molecule has 1 fully saturated rings. The molecule has 0 radical (unpaired) electrons. The monoisotopic (exact) mass is 191 g/mol. The van der Waals surface area contributed by atoms with Crippen LogP contribution in [0, 0.1) is 0 Å². The zero-order valence-corrected chi connectivity index (χ0v) is 8.32. The third-order valence-corrected chi connectivity index (χ3v) is 2.66. The van der Waals surface area contributed by atoms with Crippen molar-refractivity contribution in [3.8, 4) is 0 Å². The van der Waals surface area contributed by atoms with Gasteiger partial charge in [0.2, 0.25) is 0 Å². The molecule has 1 aromatic rings. The summed E-state index contributed by atoms with van der Waals surface area (Å²) in [4.78, 5) is 2.30. The van der Waals surface area contributed by atoms with E-state index in [1.165, 1.54) is 5.56 Å². The minimum absolute atomic E-state index is 0.477. The maximum atomic E-state index is 5.86. The lowest BCUT2D eigenvalue weighted by molar-refractivity contribution is 0.305. The molecule has 4 N–H and O–H groups in total. The first-order chi connectivity index (χ1) is 6.66. The van der Waals surface area contributed by atoms with E-state index in [1.807, 2.05) is 6.07 Å². The van der Waals surface area contributed by atoms with E-state index in [9.17, 15) is 0 Å². The van der Waals surface area contributed by atoms with Crippen LogP contribution in [0.5, 0.6) is 0 Å². The third-order valence-electron chi connectivity index (χ3n) is 2.66. The summed E-state index contributed by atoms with van der Waals surface area (Å²) in [5.74, 6) is 0. The van der Waals surface area contributed by atoms with Crippen molar-refractivity contribution in [2.24, 2.45) is 11.5 Å². The highest BCUT2D eigenvalue weighted by molar-refractivity contribution is 5.14. The van der Waals surface area contributed by atoms with Crippen LogP contribution >= 0.6 is 0 Å². The SMILES string of the molecule is NC1(N)CCN(Cc2ccccc2)C1. The Morgan fingerprint density at radius 1 is 1.21 bits per heavy atom. The molecular formula is C11H17N3. The van der Waals surface area contributed by atoms with Gasteiger partial charge in [-0.2, -0.15) is 0 Å². The minimum Gasteiger partial charge on any atom is -0.312 e. The second-order valence-corrected chi connectivity index (χ2v) is 4.18. The van der Waals surface area contributed by atoms with Crippen LogP contribution in [0.4, 0.5) is 0 Å². The van der Waals surface area contributed by atoms with Gasteiger partial charge in [0.25, 0.3) is 0 Å². The van der Waals surface area contributed by atoms with Gasteiger partial charge in [-0.1, -0.05) is 30.3 Å². The van der Waals surface area contributed by atoms with Gasteiger partial charge in [-0.25, -0.2) is 0 Å². The number of likely N-dealkylation sites (tertiary alicyclic amines) is 1. The molecule has 14 heavy (non-hydrogen) atoms. The summed E-state index contributed by atoms with van der Waals surface area (Å²) in [6.07, 6.45) is 0.889. The lowest BCUT2D eigenvalue weighted by Gasteiger charge is -2.19. The largest absolute Gasteiger partial charge is 0.312 e. The first kappa shape index (κ1) is 9.65. The molecule has 0 bridgehead atoms. The molecule has 1 aromatic carbocycles. The predicted octanol–water partition coefficient (Wildman–Crippen LogP) is 0.506. The molecule has 1 aliphatic rings. The van der Waals surface area contributed by atoms with Gasteiger partial charge in [0.1, 0.15) is 0 Å². The lowest BCUT2D eigenvalue weighted by Crippen LogP contribution is -2.51. The molecule has 3 nitrogen and oxygen atoms in total. The summed E-state index contributed by atoms with van der Waals surface area (Å²) < 4.78 is 0. The van der Waals surface area contributed by atoms with Crippen LogP contribution in [-0.4, -0.2) is 23.7 Å². The Hall–Kier alpha value is -0.900. The van der Waals surface area contributed by atoms with E-state index in [1.54, 1.807) is 0 Å². The molecule has 0 atom stereocenters. The first-order valence-corrected chi connectivity index (χ1v) is 5.00. The van der Waals surface area contributed by atoms with E-state index >= 15 is 0 Å². The Morgan fingerprint density at radius 2 is 1.93 bits per heavy atom. The van der Waals surface area contributed by atoms with E-state index in [0.717, 1.165) is 26.1 Å². The van der Waals surface area contributed by atoms with Gasteiger partial charge in [-0.3, -0.25) is 4.90 Å². The van der Waals surface area contributed by atoms with Crippen molar-refractivity contribution < 1.29 is 0 Å². The van der Waals surface area contributed by atoms with E-state index in [4.69, 9.17) is 11.5 Å². The van der Waals surface area contributed by atoms with Crippen molar-refractivity contribution >= 4 is 0 Å².